The van der Waals surface area contributed by atoms with Gasteiger partial charge in [0.15, 0.2) is 11.2 Å². The van der Waals surface area contributed by atoms with Gasteiger partial charge in [-0.25, -0.2) is 4.98 Å². The number of benzene rings is 2. The maximum Gasteiger partial charge on any atom is 0.419 e. The van der Waals surface area contributed by atoms with E-state index in [4.69, 9.17) is 17.4 Å². The Morgan fingerprint density at radius 2 is 1.63 bits per heavy atom. The number of imide groups is 2. The molecule has 3 unspecified atom stereocenters. The number of thiol groups is 1. The Morgan fingerprint density at radius 3 is 2.33 bits per heavy atom. The molecule has 2 aromatic carbocycles. The highest BCUT2D eigenvalue weighted by Gasteiger charge is 2.52. The molecule has 5 aliphatic rings. The third kappa shape index (κ3) is 6.61. The Hall–Kier alpha value is -5.67. The molecule has 3 atom stereocenters. The molecular formula is C39H37F3N8O6S. The van der Waals surface area contributed by atoms with Crippen LogP contribution in [0.5, 0.6) is 5.75 Å². The number of piperazine rings is 1. The standard InChI is InChI=1S/C39H37F3N8O6S/c1-38(2)36(55)48(24-17-28(39(40,41)42)29(18-43)44-19-24)37(57)50(38)23-5-9-31-21(15-23)3-6-25(56-31)20-46-11-13-47(14-12-46)22-4-7-26-27(16-22)35(54)49(34(26)53)30-8-10-32(51)45-33(30)52/h4-5,7,9,15-17,19,25,30,37,57H,3,6,8,10-14,20H2,1-2H3,(H,45,51,52). The first-order valence-corrected chi connectivity index (χ1v) is 19.0. The van der Waals surface area contributed by atoms with Gasteiger partial charge < -0.3 is 14.5 Å². The minimum Gasteiger partial charge on any atom is -0.489 e. The molecule has 0 spiro atoms. The summed E-state index contributed by atoms with van der Waals surface area (Å²) in [6, 6.07) is 11.9. The normalized spacial score (nSPS) is 23.7. The van der Waals surface area contributed by atoms with Gasteiger partial charge in [0.25, 0.3) is 17.7 Å². The average molecular weight is 803 g/mol. The number of rotatable bonds is 6. The molecule has 3 saturated heterocycles. The number of nitrogens with one attached hydrogen (secondary N) is 1. The number of aromatic nitrogens is 1. The van der Waals surface area contributed by atoms with Gasteiger partial charge in [-0.05, 0) is 81.1 Å². The van der Waals surface area contributed by atoms with Crippen LogP contribution in [0.15, 0.2) is 48.7 Å². The Labute approximate surface area is 330 Å². The summed E-state index contributed by atoms with van der Waals surface area (Å²) < 4.78 is 47.7. The molecule has 1 N–H and O–H groups in total. The second-order valence-corrected chi connectivity index (χ2v) is 15.6. The van der Waals surface area contributed by atoms with E-state index < -0.39 is 64.0 Å². The fourth-order valence-electron chi connectivity index (χ4n) is 8.35. The quantitative estimate of drug-likeness (QED) is 0.276. The van der Waals surface area contributed by atoms with Gasteiger partial charge in [-0.1, -0.05) is 0 Å². The first kappa shape index (κ1) is 38.2. The number of aryl methyl sites for hydroxylation is 1. The van der Waals surface area contributed by atoms with Gasteiger partial charge in [-0.15, -0.1) is 12.6 Å². The molecule has 3 fully saturated rings. The van der Waals surface area contributed by atoms with Gasteiger partial charge in [-0.2, -0.15) is 18.4 Å². The number of nitriles is 1. The summed E-state index contributed by atoms with van der Waals surface area (Å²) in [6.45, 7) is 6.85. The van der Waals surface area contributed by atoms with Crippen LogP contribution < -0.4 is 24.8 Å². The highest BCUT2D eigenvalue weighted by Crippen LogP contribution is 2.43. The van der Waals surface area contributed by atoms with E-state index >= 15 is 0 Å². The Balaban J connectivity index is 0.894. The number of carbonyl (C=O) groups excluding carboxylic acids is 5. The molecule has 3 aromatic rings. The van der Waals surface area contributed by atoms with Crippen molar-refractivity contribution in [2.24, 2.45) is 0 Å². The lowest BCUT2D eigenvalue weighted by molar-refractivity contribution is -0.138. The maximum absolute atomic E-state index is 13.7. The lowest BCUT2D eigenvalue weighted by Gasteiger charge is -2.39. The second kappa shape index (κ2) is 14.1. The number of piperidine rings is 1. The van der Waals surface area contributed by atoms with Crippen LogP contribution in [0.25, 0.3) is 0 Å². The third-order valence-corrected chi connectivity index (χ3v) is 11.8. The molecule has 57 heavy (non-hydrogen) atoms. The Kier molecular flexibility index (Phi) is 9.43. The SMILES string of the molecule is CC1(C)C(=O)N(c2cnc(C#N)c(C(F)(F)F)c2)C(S)N1c1ccc2c(c1)CCC(CN1CCN(c3ccc4c(c3)C(=O)N(C3CCC(=O)NC3=O)C4=O)CC1)O2. The molecule has 6 heterocycles. The first-order chi connectivity index (χ1) is 27.1. The molecular weight excluding hydrogens is 766 g/mol. The number of nitrogens with zero attached hydrogens (tertiary/aromatic N) is 7. The number of pyridine rings is 1. The summed E-state index contributed by atoms with van der Waals surface area (Å²) in [6.07, 6.45) is -2.27. The van der Waals surface area contributed by atoms with Crippen LogP contribution in [-0.2, 0) is 27.0 Å². The number of halogens is 3. The highest BCUT2D eigenvalue weighted by atomic mass is 32.1. The van der Waals surface area contributed by atoms with E-state index in [2.05, 4.69) is 20.1 Å². The topological polar surface area (TPSA) is 159 Å². The van der Waals surface area contributed by atoms with E-state index in [0.717, 1.165) is 52.8 Å². The zero-order valence-corrected chi connectivity index (χ0v) is 31.8. The summed E-state index contributed by atoms with van der Waals surface area (Å²) in [5.74, 6) is -1.93. The molecule has 0 bridgehead atoms. The minimum absolute atomic E-state index is 0.0536. The van der Waals surface area contributed by atoms with Crippen molar-refractivity contribution in [3.05, 3.63) is 76.6 Å². The summed E-state index contributed by atoms with van der Waals surface area (Å²) in [7, 11) is 0. The molecule has 5 aliphatic heterocycles. The lowest BCUT2D eigenvalue weighted by Crippen LogP contribution is -2.54. The lowest BCUT2D eigenvalue weighted by atomic mass is 9.98. The van der Waals surface area contributed by atoms with Crippen LogP contribution in [0, 0.1) is 11.3 Å². The Morgan fingerprint density at radius 1 is 0.912 bits per heavy atom. The molecule has 18 heteroatoms. The van der Waals surface area contributed by atoms with Gasteiger partial charge >= 0.3 is 6.18 Å². The van der Waals surface area contributed by atoms with Crippen LogP contribution in [0.2, 0.25) is 0 Å². The van der Waals surface area contributed by atoms with E-state index in [1.54, 1.807) is 36.9 Å². The molecule has 0 radical (unpaired) electrons. The number of hydrogen-bond acceptors (Lipinski definition) is 12. The van der Waals surface area contributed by atoms with Crippen molar-refractivity contribution < 1.29 is 41.9 Å². The van der Waals surface area contributed by atoms with Crippen LogP contribution in [0.3, 0.4) is 0 Å². The van der Waals surface area contributed by atoms with Crippen molar-refractivity contribution >= 4 is 59.2 Å². The van der Waals surface area contributed by atoms with Crippen LogP contribution in [0.1, 0.15) is 70.6 Å². The fourth-order valence-corrected chi connectivity index (χ4v) is 9.01. The van der Waals surface area contributed by atoms with Gasteiger partial charge in [0.05, 0.1) is 28.6 Å². The fraction of sp³-hybridized carbons (Fsp3) is 0.410. The van der Waals surface area contributed by atoms with Gasteiger partial charge in [0.1, 0.15) is 29.5 Å². The molecule has 14 nitrogen and oxygen atoms in total. The number of ether oxygens (including phenoxy) is 1. The van der Waals surface area contributed by atoms with Crippen molar-refractivity contribution in [3.63, 3.8) is 0 Å². The maximum atomic E-state index is 13.7. The van der Waals surface area contributed by atoms with E-state index in [0.29, 0.717) is 37.5 Å². The van der Waals surface area contributed by atoms with Crippen molar-refractivity contribution in [1.82, 2.24) is 20.1 Å². The van der Waals surface area contributed by atoms with Gasteiger partial charge in [0, 0.05) is 50.5 Å². The van der Waals surface area contributed by atoms with Crippen molar-refractivity contribution in [2.45, 2.75) is 68.9 Å². The van der Waals surface area contributed by atoms with Gasteiger partial charge in [0.2, 0.25) is 11.8 Å². The zero-order chi connectivity index (χ0) is 40.6. The van der Waals surface area contributed by atoms with Gasteiger partial charge in [-0.3, -0.25) is 44.0 Å². The van der Waals surface area contributed by atoms with Crippen LogP contribution in [0.4, 0.5) is 30.2 Å². The second-order valence-electron chi connectivity index (χ2n) is 15.2. The monoisotopic (exact) mass is 802 g/mol. The third-order valence-electron chi connectivity index (χ3n) is 11.3. The number of anilines is 3. The largest absolute Gasteiger partial charge is 0.489 e. The predicted molar refractivity (Wildman–Crippen MR) is 202 cm³/mol. The van der Waals surface area contributed by atoms with Crippen molar-refractivity contribution in [3.8, 4) is 11.8 Å². The summed E-state index contributed by atoms with van der Waals surface area (Å²) in [4.78, 5) is 76.2. The molecule has 296 valence electrons. The highest BCUT2D eigenvalue weighted by molar-refractivity contribution is 7.81. The first-order valence-electron chi connectivity index (χ1n) is 18.5. The number of carbonyl (C=O) groups is 5. The molecule has 0 saturated carbocycles. The molecule has 1 aromatic heterocycles. The van der Waals surface area contributed by atoms with Crippen LogP contribution >= 0.6 is 12.6 Å². The summed E-state index contributed by atoms with van der Waals surface area (Å²) in [5.41, 5.74) is -1.43. The number of alkyl halides is 3. The van der Waals surface area contributed by atoms with Crippen molar-refractivity contribution in [2.75, 3.05) is 47.4 Å². The number of fused-ring (bicyclic) bond motifs is 2. The summed E-state index contributed by atoms with van der Waals surface area (Å²) >= 11 is 4.69. The zero-order valence-electron chi connectivity index (χ0n) is 30.9. The van der Waals surface area contributed by atoms with E-state index in [1.807, 2.05) is 18.2 Å². The number of amides is 5. The van der Waals surface area contributed by atoms with E-state index in [9.17, 15) is 42.4 Å². The van der Waals surface area contributed by atoms with E-state index in [1.165, 1.54) is 6.07 Å². The van der Waals surface area contributed by atoms with E-state index in [-0.39, 0.29) is 35.8 Å². The predicted octanol–water partition coefficient (Wildman–Crippen LogP) is 3.73. The van der Waals surface area contributed by atoms with Crippen LogP contribution in [-0.4, -0.2) is 100 Å². The minimum atomic E-state index is -4.84. The van der Waals surface area contributed by atoms with Crippen molar-refractivity contribution in [1.29, 1.82) is 5.26 Å². The molecule has 8 rings (SSSR count). The molecule has 0 aliphatic carbocycles. The Bertz CT molecular complexity index is 2270. The number of hydrogen-bond donors (Lipinski definition) is 2. The average Bonchev–Trinajstić information content (AvgIpc) is 3.53. The molecule has 5 amide bonds. The summed E-state index contributed by atoms with van der Waals surface area (Å²) in [5, 5.41) is 11.4. The smallest absolute Gasteiger partial charge is 0.419 e.